The van der Waals surface area contributed by atoms with Crippen molar-refractivity contribution < 1.29 is 10.0 Å². The van der Waals surface area contributed by atoms with Gasteiger partial charge in [0.15, 0.2) is 0 Å². The van der Waals surface area contributed by atoms with E-state index in [2.05, 4.69) is 23.0 Å². The lowest BCUT2D eigenvalue weighted by molar-refractivity contribution is -0.125. The molecule has 0 saturated carbocycles. The topological polar surface area (TPSA) is 87.6 Å². The molecule has 1 aliphatic rings. The summed E-state index contributed by atoms with van der Waals surface area (Å²) in [6, 6.07) is 7.08. The van der Waals surface area contributed by atoms with Crippen LogP contribution >= 0.6 is 0 Å². The molecule has 0 radical (unpaired) electrons. The Morgan fingerprint density at radius 2 is 2.17 bits per heavy atom. The molecule has 24 heavy (non-hydrogen) atoms. The molecule has 1 amide bonds. The molecule has 0 unspecified atom stereocenters. The number of rotatable bonds is 4. The summed E-state index contributed by atoms with van der Waals surface area (Å²) < 4.78 is 1.88. The molecule has 2 aromatic rings. The summed E-state index contributed by atoms with van der Waals surface area (Å²) in [7, 11) is 1.94. The van der Waals surface area contributed by atoms with Gasteiger partial charge in [-0.25, -0.2) is 0 Å². The standard InChI is InChI=1S/C17H23N5O2/c1-4-21(16-7-11(2)19-20(16)3)10-12-5-6-15-13(8-12)9-14(18)17(23)22(15)24/h5-8,14,24H,4,9-10,18H2,1-3H3/t14-/m0/s1. The van der Waals surface area contributed by atoms with E-state index in [4.69, 9.17) is 5.73 Å². The first-order chi connectivity index (χ1) is 11.4. The van der Waals surface area contributed by atoms with Crippen molar-refractivity contribution in [1.29, 1.82) is 0 Å². The van der Waals surface area contributed by atoms with E-state index in [-0.39, 0.29) is 0 Å². The molecule has 128 valence electrons. The number of aromatic nitrogens is 2. The Bertz CT molecular complexity index is 770. The molecule has 0 spiro atoms. The lowest BCUT2D eigenvalue weighted by atomic mass is 9.97. The number of amides is 1. The molecule has 0 fully saturated rings. The van der Waals surface area contributed by atoms with Crippen molar-refractivity contribution in [3.05, 3.63) is 41.1 Å². The van der Waals surface area contributed by atoms with Crippen molar-refractivity contribution >= 4 is 17.4 Å². The SMILES string of the molecule is CCN(Cc1ccc2c(c1)C[C@H](N)C(=O)N2O)c1cc(C)nn1C. The molecule has 7 nitrogen and oxygen atoms in total. The molecule has 0 bridgehead atoms. The maximum Gasteiger partial charge on any atom is 0.267 e. The van der Waals surface area contributed by atoms with Crippen LogP contribution in [0.2, 0.25) is 0 Å². The van der Waals surface area contributed by atoms with Gasteiger partial charge >= 0.3 is 0 Å². The summed E-state index contributed by atoms with van der Waals surface area (Å²) in [5, 5.41) is 15.0. The molecular formula is C17H23N5O2. The van der Waals surface area contributed by atoms with Crippen molar-refractivity contribution in [2.45, 2.75) is 32.9 Å². The van der Waals surface area contributed by atoms with E-state index in [1.54, 1.807) is 6.07 Å². The van der Waals surface area contributed by atoms with Gasteiger partial charge < -0.3 is 10.6 Å². The van der Waals surface area contributed by atoms with Crippen LogP contribution < -0.4 is 15.7 Å². The number of fused-ring (bicyclic) bond motifs is 1. The van der Waals surface area contributed by atoms with Gasteiger partial charge in [-0.3, -0.25) is 14.7 Å². The highest BCUT2D eigenvalue weighted by atomic mass is 16.5. The molecular weight excluding hydrogens is 306 g/mol. The number of carbonyl (C=O) groups excluding carboxylic acids is 1. The smallest absolute Gasteiger partial charge is 0.267 e. The molecule has 3 N–H and O–H groups in total. The highest BCUT2D eigenvalue weighted by Gasteiger charge is 2.29. The number of aryl methyl sites for hydroxylation is 2. The molecule has 0 aliphatic carbocycles. The van der Waals surface area contributed by atoms with Crippen LogP contribution in [0.1, 0.15) is 23.7 Å². The summed E-state index contributed by atoms with van der Waals surface area (Å²) in [6.45, 7) is 5.65. The third kappa shape index (κ3) is 2.88. The Morgan fingerprint density at radius 3 is 2.79 bits per heavy atom. The molecule has 7 heteroatoms. The molecule has 1 atom stereocenters. The monoisotopic (exact) mass is 329 g/mol. The first-order valence-electron chi connectivity index (χ1n) is 8.06. The summed E-state index contributed by atoms with van der Waals surface area (Å²) in [5.74, 6) is 0.596. The summed E-state index contributed by atoms with van der Waals surface area (Å²) >= 11 is 0. The maximum absolute atomic E-state index is 11.8. The van der Waals surface area contributed by atoms with Crippen LogP contribution in [0, 0.1) is 6.92 Å². The molecule has 3 rings (SSSR count). The average Bonchev–Trinajstić information content (AvgIpc) is 2.88. The number of anilines is 2. The van der Waals surface area contributed by atoms with Gasteiger partial charge in [0.1, 0.15) is 5.82 Å². The predicted octanol–water partition coefficient (Wildman–Crippen LogP) is 1.36. The minimum atomic E-state index is -0.695. The van der Waals surface area contributed by atoms with Crippen molar-refractivity contribution in [3.8, 4) is 0 Å². The van der Waals surface area contributed by atoms with Gasteiger partial charge in [0.2, 0.25) is 0 Å². The van der Waals surface area contributed by atoms with E-state index >= 15 is 0 Å². The van der Waals surface area contributed by atoms with Gasteiger partial charge in [-0.15, -0.1) is 0 Å². The first kappa shape index (κ1) is 16.5. The van der Waals surface area contributed by atoms with Crippen LogP contribution in [-0.4, -0.2) is 33.5 Å². The number of benzene rings is 1. The van der Waals surface area contributed by atoms with Crippen molar-refractivity contribution in [2.24, 2.45) is 12.8 Å². The number of hydroxylamine groups is 1. The van der Waals surface area contributed by atoms with Gasteiger partial charge in [0, 0.05) is 26.2 Å². The second-order valence-corrected chi connectivity index (χ2v) is 6.21. The van der Waals surface area contributed by atoms with E-state index in [9.17, 15) is 10.0 Å². The summed E-state index contributed by atoms with van der Waals surface area (Å²) in [5.41, 5.74) is 9.29. The molecule has 1 aliphatic heterocycles. The molecule has 1 aromatic heterocycles. The Balaban J connectivity index is 1.87. The molecule has 2 heterocycles. The largest absolute Gasteiger partial charge is 0.353 e. The fourth-order valence-electron chi connectivity index (χ4n) is 3.18. The predicted molar refractivity (Wildman–Crippen MR) is 92.1 cm³/mol. The van der Waals surface area contributed by atoms with Gasteiger partial charge in [0.05, 0.1) is 17.4 Å². The Labute approximate surface area is 141 Å². The maximum atomic E-state index is 11.8. The van der Waals surface area contributed by atoms with Crippen molar-refractivity contribution in [3.63, 3.8) is 0 Å². The Kier molecular flexibility index (Phi) is 4.29. The second kappa shape index (κ2) is 6.26. The first-order valence-corrected chi connectivity index (χ1v) is 8.06. The van der Waals surface area contributed by atoms with Gasteiger partial charge in [-0.05, 0) is 37.5 Å². The van der Waals surface area contributed by atoms with Crippen LogP contribution in [0.5, 0.6) is 0 Å². The van der Waals surface area contributed by atoms with Crippen LogP contribution in [0.25, 0.3) is 0 Å². The number of nitrogens with two attached hydrogens (primary N) is 1. The Hall–Kier alpha value is -2.38. The fraction of sp³-hybridized carbons (Fsp3) is 0.412. The number of carbonyl (C=O) groups is 1. The molecule has 1 aromatic carbocycles. The fourth-order valence-corrected chi connectivity index (χ4v) is 3.18. The third-order valence-electron chi connectivity index (χ3n) is 4.39. The minimum Gasteiger partial charge on any atom is -0.353 e. The average molecular weight is 329 g/mol. The van der Waals surface area contributed by atoms with Crippen LogP contribution in [-0.2, 0) is 24.8 Å². The van der Waals surface area contributed by atoms with Gasteiger partial charge in [-0.2, -0.15) is 10.2 Å². The van der Waals surface area contributed by atoms with Crippen molar-refractivity contribution in [1.82, 2.24) is 9.78 Å². The van der Waals surface area contributed by atoms with Crippen LogP contribution in [0.15, 0.2) is 24.3 Å². The minimum absolute atomic E-state index is 0.440. The van der Waals surface area contributed by atoms with Gasteiger partial charge in [0.25, 0.3) is 5.91 Å². The lowest BCUT2D eigenvalue weighted by Gasteiger charge is -2.29. The lowest BCUT2D eigenvalue weighted by Crippen LogP contribution is -2.47. The van der Waals surface area contributed by atoms with E-state index in [1.807, 2.05) is 30.8 Å². The van der Waals surface area contributed by atoms with E-state index in [0.717, 1.165) is 35.7 Å². The zero-order valence-electron chi connectivity index (χ0n) is 14.2. The number of hydrogen-bond acceptors (Lipinski definition) is 5. The Morgan fingerprint density at radius 1 is 1.42 bits per heavy atom. The third-order valence-corrected chi connectivity index (χ3v) is 4.39. The highest BCUT2D eigenvalue weighted by molar-refractivity contribution is 5.98. The summed E-state index contributed by atoms with van der Waals surface area (Å²) in [4.78, 5) is 14.0. The van der Waals surface area contributed by atoms with E-state index in [0.29, 0.717) is 17.2 Å². The van der Waals surface area contributed by atoms with E-state index in [1.165, 1.54) is 0 Å². The summed E-state index contributed by atoms with van der Waals surface area (Å²) in [6.07, 6.45) is 0.440. The van der Waals surface area contributed by atoms with E-state index < -0.39 is 11.9 Å². The van der Waals surface area contributed by atoms with Crippen LogP contribution in [0.4, 0.5) is 11.5 Å². The number of hydrogen-bond donors (Lipinski definition) is 2. The normalized spacial score (nSPS) is 17.1. The van der Waals surface area contributed by atoms with Crippen molar-refractivity contribution in [2.75, 3.05) is 16.5 Å². The zero-order valence-corrected chi connectivity index (χ0v) is 14.2. The van der Waals surface area contributed by atoms with Crippen LogP contribution in [0.3, 0.4) is 0 Å². The van der Waals surface area contributed by atoms with Gasteiger partial charge in [-0.1, -0.05) is 12.1 Å². The molecule has 0 saturated heterocycles. The second-order valence-electron chi connectivity index (χ2n) is 6.21. The quantitative estimate of drug-likeness (QED) is 0.827. The zero-order chi connectivity index (χ0) is 17.4. The number of nitrogens with zero attached hydrogens (tertiary/aromatic N) is 4. The highest BCUT2D eigenvalue weighted by Crippen LogP contribution is 2.28.